The fourth-order valence-corrected chi connectivity index (χ4v) is 4.05. The van der Waals surface area contributed by atoms with Gasteiger partial charge in [0.2, 0.25) is 5.95 Å². The number of nitrogens with one attached hydrogen (secondary N) is 1. The summed E-state index contributed by atoms with van der Waals surface area (Å²) in [4.78, 5) is 15.6. The topological polar surface area (TPSA) is 72.4 Å². The Morgan fingerprint density at radius 2 is 1.97 bits per heavy atom. The third-order valence-corrected chi connectivity index (χ3v) is 5.85. The third kappa shape index (κ3) is 4.81. The van der Waals surface area contributed by atoms with E-state index in [0.29, 0.717) is 12.6 Å². The van der Waals surface area contributed by atoms with Crippen LogP contribution in [0.2, 0.25) is 0 Å². The van der Waals surface area contributed by atoms with Gasteiger partial charge < -0.3 is 19.7 Å². The highest BCUT2D eigenvalue weighted by Gasteiger charge is 2.12. The Morgan fingerprint density at radius 3 is 2.81 bits per heavy atom. The van der Waals surface area contributed by atoms with Gasteiger partial charge in [-0.3, -0.25) is 4.98 Å². The van der Waals surface area contributed by atoms with Gasteiger partial charge in [-0.05, 0) is 46.3 Å². The van der Waals surface area contributed by atoms with Crippen molar-refractivity contribution < 1.29 is 9.47 Å². The van der Waals surface area contributed by atoms with E-state index in [-0.39, 0.29) is 0 Å². The van der Waals surface area contributed by atoms with Gasteiger partial charge in [0, 0.05) is 60.1 Å². The zero-order valence-corrected chi connectivity index (χ0v) is 19.0. The molecule has 2 aromatic heterocycles. The van der Waals surface area contributed by atoms with Crippen molar-refractivity contribution in [3.63, 3.8) is 0 Å². The molecule has 1 N–H and O–H groups in total. The molecule has 4 aromatic rings. The van der Waals surface area contributed by atoms with Gasteiger partial charge in [0.25, 0.3) is 0 Å². The summed E-state index contributed by atoms with van der Waals surface area (Å²) in [6, 6.07) is 16.1. The predicted octanol–water partition coefficient (Wildman–Crippen LogP) is 4.95. The van der Waals surface area contributed by atoms with E-state index in [0.717, 1.165) is 64.4 Å². The summed E-state index contributed by atoms with van der Waals surface area (Å²) in [5, 5.41) is 4.26. The molecule has 7 nitrogen and oxygen atoms in total. The van der Waals surface area contributed by atoms with Crippen LogP contribution in [-0.4, -0.2) is 41.3 Å². The Labute approximate surface area is 194 Å². The maximum Gasteiger partial charge on any atom is 0.227 e. The molecule has 3 heterocycles. The highest BCUT2D eigenvalue weighted by molar-refractivity contribution is 9.10. The highest BCUT2D eigenvalue weighted by atomic mass is 79.9. The van der Waals surface area contributed by atoms with Crippen molar-refractivity contribution in [2.45, 2.75) is 6.61 Å². The van der Waals surface area contributed by atoms with Gasteiger partial charge in [0.05, 0.1) is 23.2 Å². The molecule has 0 unspecified atom stereocenters. The number of halogens is 1. The van der Waals surface area contributed by atoms with Crippen molar-refractivity contribution in [1.82, 2.24) is 15.0 Å². The number of rotatable bonds is 6. The molecular weight excluding hydrogens is 470 g/mol. The zero-order valence-electron chi connectivity index (χ0n) is 17.4. The van der Waals surface area contributed by atoms with Crippen LogP contribution in [0.25, 0.3) is 10.9 Å². The number of morpholine rings is 1. The lowest BCUT2D eigenvalue weighted by molar-refractivity contribution is 0.122. The predicted molar refractivity (Wildman–Crippen MR) is 129 cm³/mol. The largest absolute Gasteiger partial charge is 0.488 e. The number of hydrogen-bond acceptors (Lipinski definition) is 7. The van der Waals surface area contributed by atoms with E-state index >= 15 is 0 Å². The summed E-state index contributed by atoms with van der Waals surface area (Å²) in [5.74, 6) is 1.26. The van der Waals surface area contributed by atoms with Gasteiger partial charge in [-0.2, -0.15) is 0 Å². The Hall–Kier alpha value is -3.23. The van der Waals surface area contributed by atoms with E-state index in [1.807, 2.05) is 42.6 Å². The van der Waals surface area contributed by atoms with Crippen molar-refractivity contribution in [3.05, 3.63) is 77.2 Å². The number of benzene rings is 2. The molecule has 32 heavy (non-hydrogen) atoms. The summed E-state index contributed by atoms with van der Waals surface area (Å²) < 4.78 is 12.3. The molecule has 1 fully saturated rings. The minimum Gasteiger partial charge on any atom is -0.488 e. The van der Waals surface area contributed by atoms with Gasteiger partial charge in [-0.15, -0.1) is 0 Å². The standard InChI is InChI=1S/C24H22BrN5O2/c25-21-11-18-15-27-24(28-19-4-1-5-20(12-19)30-7-9-31-10-8-30)29-22(18)13-23(21)32-16-17-3-2-6-26-14-17/h1-6,11-15H,7-10,16H2,(H,27,28,29). The lowest BCUT2D eigenvalue weighted by atomic mass is 10.2. The van der Waals surface area contributed by atoms with Crippen molar-refractivity contribution in [2.24, 2.45) is 0 Å². The minimum absolute atomic E-state index is 0.433. The van der Waals surface area contributed by atoms with E-state index in [4.69, 9.17) is 14.5 Å². The van der Waals surface area contributed by atoms with Crippen LogP contribution in [0.15, 0.2) is 71.6 Å². The number of fused-ring (bicyclic) bond motifs is 1. The first-order valence-electron chi connectivity index (χ1n) is 10.4. The highest BCUT2D eigenvalue weighted by Crippen LogP contribution is 2.31. The average molecular weight is 492 g/mol. The normalized spacial score (nSPS) is 13.8. The second kappa shape index (κ2) is 9.50. The van der Waals surface area contributed by atoms with Crippen LogP contribution in [0.1, 0.15) is 5.56 Å². The molecule has 0 aliphatic carbocycles. The van der Waals surface area contributed by atoms with Crippen LogP contribution in [-0.2, 0) is 11.3 Å². The van der Waals surface area contributed by atoms with E-state index < -0.39 is 0 Å². The second-order valence-electron chi connectivity index (χ2n) is 7.46. The Morgan fingerprint density at radius 1 is 1.06 bits per heavy atom. The molecule has 0 bridgehead atoms. The molecule has 0 radical (unpaired) electrons. The maximum atomic E-state index is 5.99. The number of ether oxygens (including phenoxy) is 2. The summed E-state index contributed by atoms with van der Waals surface area (Å²) in [5.41, 5.74) is 3.91. The molecular formula is C24H22BrN5O2. The molecule has 5 rings (SSSR count). The lowest BCUT2D eigenvalue weighted by Gasteiger charge is -2.29. The molecule has 162 valence electrons. The summed E-state index contributed by atoms with van der Waals surface area (Å²) in [6.07, 6.45) is 5.36. The van der Waals surface area contributed by atoms with Crippen LogP contribution >= 0.6 is 15.9 Å². The number of nitrogens with zero attached hydrogens (tertiary/aromatic N) is 4. The van der Waals surface area contributed by atoms with Crippen LogP contribution in [0, 0.1) is 0 Å². The van der Waals surface area contributed by atoms with E-state index in [1.165, 1.54) is 0 Å². The monoisotopic (exact) mass is 491 g/mol. The number of aromatic nitrogens is 3. The molecule has 0 saturated carbocycles. The molecule has 1 aliphatic rings. The molecule has 1 saturated heterocycles. The molecule has 8 heteroatoms. The van der Waals surface area contributed by atoms with Crippen molar-refractivity contribution in [1.29, 1.82) is 0 Å². The van der Waals surface area contributed by atoms with Crippen molar-refractivity contribution >= 4 is 44.2 Å². The van der Waals surface area contributed by atoms with Crippen LogP contribution in [0.4, 0.5) is 17.3 Å². The van der Waals surface area contributed by atoms with Crippen molar-refractivity contribution in [3.8, 4) is 5.75 Å². The Bertz CT molecular complexity index is 1220. The van der Waals surface area contributed by atoms with E-state index in [2.05, 4.69) is 48.2 Å². The fourth-order valence-electron chi connectivity index (χ4n) is 3.58. The van der Waals surface area contributed by atoms with Gasteiger partial charge in [0.1, 0.15) is 12.4 Å². The number of hydrogen-bond donors (Lipinski definition) is 1. The molecule has 0 atom stereocenters. The molecule has 1 aliphatic heterocycles. The maximum absolute atomic E-state index is 5.99. The number of pyridine rings is 1. The van der Waals surface area contributed by atoms with E-state index in [9.17, 15) is 0 Å². The zero-order chi connectivity index (χ0) is 21.8. The minimum atomic E-state index is 0.433. The Kier molecular flexibility index (Phi) is 6.13. The molecule has 0 amide bonds. The third-order valence-electron chi connectivity index (χ3n) is 5.23. The van der Waals surface area contributed by atoms with Crippen LogP contribution in [0.5, 0.6) is 5.75 Å². The van der Waals surface area contributed by atoms with E-state index in [1.54, 1.807) is 12.4 Å². The first-order valence-corrected chi connectivity index (χ1v) is 11.2. The first kappa shape index (κ1) is 20.7. The lowest BCUT2D eigenvalue weighted by Crippen LogP contribution is -2.36. The summed E-state index contributed by atoms with van der Waals surface area (Å²) in [6.45, 7) is 3.74. The quantitative estimate of drug-likeness (QED) is 0.409. The number of anilines is 3. The summed E-state index contributed by atoms with van der Waals surface area (Å²) in [7, 11) is 0. The molecule has 2 aromatic carbocycles. The Balaban J connectivity index is 1.35. The average Bonchev–Trinajstić information content (AvgIpc) is 2.84. The van der Waals surface area contributed by atoms with Gasteiger partial charge in [0.15, 0.2) is 0 Å². The van der Waals surface area contributed by atoms with Gasteiger partial charge >= 0.3 is 0 Å². The van der Waals surface area contributed by atoms with Crippen LogP contribution < -0.4 is 15.0 Å². The fraction of sp³-hybridized carbons (Fsp3) is 0.208. The first-order chi connectivity index (χ1) is 15.7. The smallest absolute Gasteiger partial charge is 0.227 e. The second-order valence-corrected chi connectivity index (χ2v) is 8.31. The molecule has 0 spiro atoms. The SMILES string of the molecule is Brc1cc2cnc(Nc3cccc(N4CCOCC4)c3)nc2cc1OCc1cccnc1. The van der Waals surface area contributed by atoms with Crippen molar-refractivity contribution in [2.75, 3.05) is 36.5 Å². The van der Waals surface area contributed by atoms with Gasteiger partial charge in [-0.25, -0.2) is 9.97 Å². The summed E-state index contributed by atoms with van der Waals surface area (Å²) >= 11 is 3.58. The van der Waals surface area contributed by atoms with Crippen LogP contribution in [0.3, 0.4) is 0 Å². The van der Waals surface area contributed by atoms with Gasteiger partial charge in [-0.1, -0.05) is 12.1 Å².